The van der Waals surface area contributed by atoms with Gasteiger partial charge in [-0.1, -0.05) is 30.4 Å². The number of nitrogens with one attached hydrogen (secondary N) is 1. The molecule has 2 aromatic heterocycles. The maximum atomic E-state index is 12.9. The number of aryl methyl sites for hydroxylation is 1. The number of hydrogen-bond acceptors (Lipinski definition) is 6. The summed E-state index contributed by atoms with van der Waals surface area (Å²) in [5.41, 5.74) is 1.49. The van der Waals surface area contributed by atoms with Crippen molar-refractivity contribution in [2.45, 2.75) is 52.7 Å². The first-order valence-electron chi connectivity index (χ1n) is 9.49. The van der Waals surface area contributed by atoms with Crippen LogP contribution in [0.15, 0.2) is 30.6 Å². The Morgan fingerprint density at radius 3 is 2.71 bits per heavy atom. The number of fused-ring (bicyclic) bond motifs is 1. The summed E-state index contributed by atoms with van der Waals surface area (Å²) in [6.07, 6.45) is 5.21. The second-order valence-corrected chi connectivity index (χ2v) is 8.93. The Bertz CT molecular complexity index is 1020. The Balaban J connectivity index is 1.54. The van der Waals surface area contributed by atoms with Gasteiger partial charge in [0.1, 0.15) is 5.82 Å². The van der Waals surface area contributed by atoms with E-state index in [0.29, 0.717) is 18.0 Å². The second kappa shape index (κ2) is 7.22. The molecule has 3 heterocycles. The lowest BCUT2D eigenvalue weighted by atomic mass is 9.77. The van der Waals surface area contributed by atoms with Gasteiger partial charge >= 0.3 is 0 Å². The van der Waals surface area contributed by atoms with Gasteiger partial charge < -0.3 is 10.1 Å². The van der Waals surface area contributed by atoms with Gasteiger partial charge in [0.25, 0.3) is 0 Å². The summed E-state index contributed by atoms with van der Waals surface area (Å²) < 4.78 is 5.78. The van der Waals surface area contributed by atoms with Crippen LogP contribution < -0.4 is 5.32 Å². The molecule has 1 aromatic carbocycles. The van der Waals surface area contributed by atoms with E-state index < -0.39 is 5.41 Å². The minimum absolute atomic E-state index is 0.0114. The lowest BCUT2D eigenvalue weighted by Crippen LogP contribution is -2.44. The number of ether oxygens (including phenoxy) is 1. The maximum Gasteiger partial charge on any atom is 0.232 e. The fourth-order valence-electron chi connectivity index (χ4n) is 4.01. The molecule has 4 rings (SSSR count). The van der Waals surface area contributed by atoms with Crippen molar-refractivity contribution in [1.29, 1.82) is 0 Å². The van der Waals surface area contributed by atoms with Gasteiger partial charge in [0.2, 0.25) is 5.91 Å². The van der Waals surface area contributed by atoms with Crippen molar-refractivity contribution in [3.05, 3.63) is 36.4 Å². The summed E-state index contributed by atoms with van der Waals surface area (Å²) in [5.74, 6) is 0.757. The molecule has 0 bridgehead atoms. The molecule has 1 amide bonds. The zero-order valence-electron chi connectivity index (χ0n) is 16.5. The van der Waals surface area contributed by atoms with Crippen LogP contribution in [0, 0.1) is 12.3 Å². The average Bonchev–Trinajstić information content (AvgIpc) is 3.08. The minimum Gasteiger partial charge on any atom is -0.375 e. The van der Waals surface area contributed by atoms with Gasteiger partial charge in [-0.2, -0.15) is 0 Å². The molecule has 3 aromatic rings. The summed E-state index contributed by atoms with van der Waals surface area (Å²) in [6, 6.07) is 6.07. The predicted octanol–water partition coefficient (Wildman–Crippen LogP) is 4.59. The summed E-state index contributed by atoms with van der Waals surface area (Å²) in [6.45, 7) is 7.93. The number of thiazole rings is 1. The van der Waals surface area contributed by atoms with Gasteiger partial charge in [-0.05, 0) is 45.2 Å². The molecule has 0 spiro atoms. The number of carbonyl (C=O) groups excluding carboxylic acids is 1. The molecule has 6 nitrogen and oxygen atoms in total. The number of rotatable bonds is 3. The Morgan fingerprint density at radius 2 is 1.96 bits per heavy atom. The molecule has 1 aliphatic heterocycles. The molecule has 0 radical (unpaired) electrons. The number of anilines is 1. The van der Waals surface area contributed by atoms with E-state index in [-0.39, 0.29) is 18.1 Å². The summed E-state index contributed by atoms with van der Waals surface area (Å²) in [7, 11) is 0. The molecular weight excluding hydrogens is 372 g/mol. The Labute approximate surface area is 168 Å². The summed E-state index contributed by atoms with van der Waals surface area (Å²) in [4.78, 5) is 27.1. The van der Waals surface area contributed by atoms with Gasteiger partial charge in [0, 0.05) is 17.8 Å². The lowest BCUT2D eigenvalue weighted by molar-refractivity contribution is -0.139. The van der Waals surface area contributed by atoms with Crippen LogP contribution in [0.4, 0.5) is 5.13 Å². The normalized spacial score (nSPS) is 25.0. The largest absolute Gasteiger partial charge is 0.375 e. The number of nitrogens with zero attached hydrogens (tertiary/aromatic N) is 3. The van der Waals surface area contributed by atoms with Crippen molar-refractivity contribution in [1.82, 2.24) is 15.0 Å². The first-order valence-corrected chi connectivity index (χ1v) is 10.3. The summed E-state index contributed by atoms with van der Waals surface area (Å²) >= 11 is 1.47. The third-order valence-corrected chi connectivity index (χ3v) is 6.16. The van der Waals surface area contributed by atoms with E-state index in [2.05, 4.69) is 20.3 Å². The van der Waals surface area contributed by atoms with E-state index in [0.717, 1.165) is 27.2 Å². The Hall–Kier alpha value is -2.38. The Morgan fingerprint density at radius 1 is 1.21 bits per heavy atom. The standard InChI is InChI=1S/C21H24N4O2S/c1-12-8-21(4,9-13(2)27-12)19(26)25-20-23-11-18(28-20)15-5-6-16-10-22-14(3)24-17(16)7-15/h5-7,10-13H,8-9H2,1-4H3,(H,23,25,26). The second-order valence-electron chi connectivity index (χ2n) is 7.90. The van der Waals surface area contributed by atoms with Gasteiger partial charge in [0.15, 0.2) is 5.13 Å². The highest BCUT2D eigenvalue weighted by Gasteiger charge is 2.41. The van der Waals surface area contributed by atoms with Crippen LogP contribution in [0.3, 0.4) is 0 Å². The smallest absolute Gasteiger partial charge is 0.232 e. The molecule has 2 unspecified atom stereocenters. The van der Waals surface area contributed by atoms with E-state index in [4.69, 9.17) is 4.74 Å². The molecule has 1 N–H and O–H groups in total. The third kappa shape index (κ3) is 3.77. The van der Waals surface area contributed by atoms with Crippen LogP contribution in [0.25, 0.3) is 21.3 Å². The van der Waals surface area contributed by atoms with Gasteiger partial charge in [-0.3, -0.25) is 4.79 Å². The van der Waals surface area contributed by atoms with E-state index in [1.54, 1.807) is 6.20 Å². The van der Waals surface area contributed by atoms with Gasteiger partial charge in [-0.25, -0.2) is 15.0 Å². The fourth-order valence-corrected chi connectivity index (χ4v) is 4.82. The molecule has 7 heteroatoms. The van der Waals surface area contributed by atoms with Crippen molar-refractivity contribution in [2.75, 3.05) is 5.32 Å². The number of benzene rings is 1. The highest BCUT2D eigenvalue weighted by molar-refractivity contribution is 7.19. The van der Waals surface area contributed by atoms with E-state index in [1.165, 1.54) is 11.3 Å². The topological polar surface area (TPSA) is 77.0 Å². The molecule has 0 aliphatic carbocycles. The molecule has 2 atom stereocenters. The van der Waals surface area contributed by atoms with E-state index in [9.17, 15) is 4.79 Å². The van der Waals surface area contributed by atoms with Crippen LogP contribution in [0.1, 0.15) is 39.4 Å². The average molecular weight is 397 g/mol. The molecule has 1 aliphatic rings. The zero-order chi connectivity index (χ0) is 19.9. The van der Waals surface area contributed by atoms with Gasteiger partial charge in [0.05, 0.1) is 28.0 Å². The van der Waals surface area contributed by atoms with Crippen molar-refractivity contribution in [3.63, 3.8) is 0 Å². The van der Waals surface area contributed by atoms with Crippen LogP contribution in [-0.2, 0) is 9.53 Å². The van der Waals surface area contributed by atoms with Crippen molar-refractivity contribution < 1.29 is 9.53 Å². The third-order valence-electron chi connectivity index (χ3n) is 5.20. The zero-order valence-corrected chi connectivity index (χ0v) is 17.3. The fraction of sp³-hybridized carbons (Fsp3) is 0.429. The molecule has 0 saturated carbocycles. The number of carbonyl (C=O) groups is 1. The van der Waals surface area contributed by atoms with Crippen LogP contribution in [0.5, 0.6) is 0 Å². The highest BCUT2D eigenvalue weighted by Crippen LogP contribution is 2.38. The SMILES string of the molecule is Cc1ncc2ccc(-c3cnc(NC(=O)C4(C)CC(C)OC(C)C4)s3)cc2n1. The summed E-state index contributed by atoms with van der Waals surface area (Å²) in [5, 5.41) is 4.64. The molecule has 28 heavy (non-hydrogen) atoms. The maximum absolute atomic E-state index is 12.9. The van der Waals surface area contributed by atoms with Crippen LogP contribution >= 0.6 is 11.3 Å². The van der Waals surface area contributed by atoms with Crippen molar-refractivity contribution in [2.24, 2.45) is 5.41 Å². The molecular formula is C21H24N4O2S. The Kier molecular flexibility index (Phi) is 4.89. The minimum atomic E-state index is -0.444. The quantitative estimate of drug-likeness (QED) is 0.700. The number of aromatic nitrogens is 3. The molecule has 1 saturated heterocycles. The van der Waals surface area contributed by atoms with E-state index in [1.807, 2.05) is 52.1 Å². The predicted molar refractivity (Wildman–Crippen MR) is 111 cm³/mol. The first-order chi connectivity index (χ1) is 13.3. The number of hydrogen-bond donors (Lipinski definition) is 1. The monoisotopic (exact) mass is 396 g/mol. The van der Waals surface area contributed by atoms with Gasteiger partial charge in [-0.15, -0.1) is 0 Å². The van der Waals surface area contributed by atoms with Crippen molar-refractivity contribution >= 4 is 33.3 Å². The molecule has 146 valence electrons. The molecule has 1 fully saturated rings. The van der Waals surface area contributed by atoms with Crippen molar-refractivity contribution in [3.8, 4) is 10.4 Å². The van der Waals surface area contributed by atoms with Crippen LogP contribution in [0.2, 0.25) is 0 Å². The highest BCUT2D eigenvalue weighted by atomic mass is 32.1. The van der Waals surface area contributed by atoms with Crippen LogP contribution in [-0.4, -0.2) is 33.1 Å². The van der Waals surface area contributed by atoms with E-state index >= 15 is 0 Å². The first kappa shape index (κ1) is 19.0. The number of amides is 1. The lowest BCUT2D eigenvalue weighted by Gasteiger charge is -2.38.